The minimum atomic E-state index is -2.56. The van der Waals surface area contributed by atoms with Crippen LogP contribution in [0, 0.1) is 0 Å². The van der Waals surface area contributed by atoms with Gasteiger partial charge in [-0.1, -0.05) is 0 Å². The van der Waals surface area contributed by atoms with Gasteiger partial charge >= 0.3 is 0 Å². The molecule has 1 aromatic carbocycles. The Kier molecular flexibility index (Phi) is 3.19. The zero-order chi connectivity index (χ0) is 9.84. The van der Waals surface area contributed by atoms with E-state index in [0.29, 0.717) is 5.75 Å². The van der Waals surface area contributed by atoms with E-state index in [1.165, 1.54) is 25.3 Å². The predicted molar refractivity (Wildman–Crippen MR) is 43.9 cm³/mol. The lowest BCUT2D eigenvalue weighted by Gasteiger charge is -2.08. The van der Waals surface area contributed by atoms with Gasteiger partial charge in [0.15, 0.2) is 0 Å². The minimum absolute atomic E-state index is 0.150. The third kappa shape index (κ3) is 2.15. The van der Waals surface area contributed by atoms with Crippen molar-refractivity contribution in [2.45, 2.75) is 13.0 Å². The molecule has 4 heteroatoms. The molecule has 0 heterocycles. The Hall–Kier alpha value is -1.16. The lowest BCUT2D eigenvalue weighted by Crippen LogP contribution is -1.95. The van der Waals surface area contributed by atoms with E-state index in [0.717, 1.165) is 0 Å². The molecule has 0 aliphatic heterocycles. The fraction of sp³-hybridized carbons (Fsp3) is 0.333. The van der Waals surface area contributed by atoms with Gasteiger partial charge in [0, 0.05) is 5.56 Å². The molecule has 0 bridgehead atoms. The topological polar surface area (TPSA) is 29.5 Å². The van der Waals surface area contributed by atoms with Crippen molar-refractivity contribution in [1.82, 2.24) is 0 Å². The molecule has 0 saturated carbocycles. The molecule has 0 spiro atoms. The van der Waals surface area contributed by atoms with Crippen LogP contribution < -0.4 is 4.74 Å². The first kappa shape index (κ1) is 9.92. The molecule has 0 aromatic heterocycles. The molecule has 0 radical (unpaired) electrons. The monoisotopic (exact) mass is 188 g/mol. The zero-order valence-corrected chi connectivity index (χ0v) is 7.13. The van der Waals surface area contributed by atoms with Crippen molar-refractivity contribution in [1.29, 1.82) is 0 Å². The summed E-state index contributed by atoms with van der Waals surface area (Å²) in [6.07, 6.45) is -2.56. The maximum atomic E-state index is 12.3. The molecule has 1 N–H and O–H groups in total. The molecule has 0 atom stereocenters. The van der Waals surface area contributed by atoms with Gasteiger partial charge in [-0.25, -0.2) is 8.78 Å². The molecular weight excluding hydrogens is 178 g/mol. The SMILES string of the molecule is COc1ccc(C(F)F)c(CO)c1. The third-order valence-corrected chi connectivity index (χ3v) is 1.76. The summed E-state index contributed by atoms with van der Waals surface area (Å²) < 4.78 is 29.4. The molecular formula is C9H10F2O2. The van der Waals surface area contributed by atoms with Crippen molar-refractivity contribution >= 4 is 0 Å². The van der Waals surface area contributed by atoms with Gasteiger partial charge in [-0.3, -0.25) is 0 Å². The number of halogens is 2. The normalized spacial score (nSPS) is 10.5. The van der Waals surface area contributed by atoms with Crippen LogP contribution in [-0.4, -0.2) is 12.2 Å². The zero-order valence-electron chi connectivity index (χ0n) is 7.13. The van der Waals surface area contributed by atoms with Crippen LogP contribution in [0.25, 0.3) is 0 Å². The second kappa shape index (κ2) is 4.18. The molecule has 0 aliphatic carbocycles. The Labute approximate surface area is 74.8 Å². The molecule has 13 heavy (non-hydrogen) atoms. The Morgan fingerprint density at radius 2 is 2.15 bits per heavy atom. The average molecular weight is 188 g/mol. The summed E-state index contributed by atoms with van der Waals surface area (Å²) in [5.74, 6) is 0.466. The van der Waals surface area contributed by atoms with Gasteiger partial charge in [-0.2, -0.15) is 0 Å². The van der Waals surface area contributed by atoms with Crippen molar-refractivity contribution in [2.24, 2.45) is 0 Å². The molecule has 0 saturated heterocycles. The number of rotatable bonds is 3. The highest BCUT2D eigenvalue weighted by molar-refractivity contribution is 5.35. The van der Waals surface area contributed by atoms with Gasteiger partial charge in [0.2, 0.25) is 0 Å². The number of hydrogen-bond donors (Lipinski definition) is 1. The van der Waals surface area contributed by atoms with E-state index in [1.54, 1.807) is 0 Å². The summed E-state index contributed by atoms with van der Waals surface area (Å²) in [6.45, 7) is -0.406. The fourth-order valence-corrected chi connectivity index (χ4v) is 1.06. The molecule has 72 valence electrons. The molecule has 0 unspecified atom stereocenters. The number of aliphatic hydroxyl groups excluding tert-OH is 1. The summed E-state index contributed by atoms with van der Waals surface area (Å²) in [6, 6.07) is 4.11. The lowest BCUT2D eigenvalue weighted by molar-refractivity contribution is 0.147. The fourth-order valence-electron chi connectivity index (χ4n) is 1.06. The first-order valence-corrected chi connectivity index (χ1v) is 3.75. The second-order valence-corrected chi connectivity index (χ2v) is 2.52. The van der Waals surface area contributed by atoms with Gasteiger partial charge < -0.3 is 9.84 Å². The summed E-state index contributed by atoms with van der Waals surface area (Å²) in [4.78, 5) is 0. The molecule has 0 aliphatic rings. The van der Waals surface area contributed by atoms with E-state index >= 15 is 0 Å². The Balaban J connectivity index is 3.08. The van der Waals surface area contributed by atoms with Crippen LogP contribution in [0.15, 0.2) is 18.2 Å². The highest BCUT2D eigenvalue weighted by atomic mass is 19.3. The summed E-state index contributed by atoms with van der Waals surface area (Å²) in [5, 5.41) is 8.80. The molecule has 0 fully saturated rings. The Morgan fingerprint density at radius 3 is 2.62 bits per heavy atom. The van der Waals surface area contributed by atoms with E-state index in [-0.39, 0.29) is 11.1 Å². The van der Waals surface area contributed by atoms with Gasteiger partial charge in [-0.05, 0) is 23.8 Å². The number of alkyl halides is 2. The quantitative estimate of drug-likeness (QED) is 0.787. The Bertz CT molecular complexity index is 287. The van der Waals surface area contributed by atoms with Crippen LogP contribution in [0.4, 0.5) is 8.78 Å². The summed E-state index contributed by atoms with van der Waals surface area (Å²) >= 11 is 0. The van der Waals surface area contributed by atoms with Crippen LogP contribution in [0.2, 0.25) is 0 Å². The summed E-state index contributed by atoms with van der Waals surface area (Å²) in [5.41, 5.74) is 0.0534. The van der Waals surface area contributed by atoms with Crippen LogP contribution >= 0.6 is 0 Å². The van der Waals surface area contributed by atoms with E-state index in [9.17, 15) is 8.78 Å². The van der Waals surface area contributed by atoms with Gasteiger partial charge in [0.25, 0.3) is 6.43 Å². The highest BCUT2D eigenvalue weighted by Crippen LogP contribution is 2.26. The number of methoxy groups -OCH3 is 1. The maximum absolute atomic E-state index is 12.3. The van der Waals surface area contributed by atoms with Crippen molar-refractivity contribution < 1.29 is 18.6 Å². The van der Waals surface area contributed by atoms with Crippen LogP contribution in [0.5, 0.6) is 5.75 Å². The molecule has 2 nitrogen and oxygen atoms in total. The van der Waals surface area contributed by atoms with Gasteiger partial charge in [-0.15, -0.1) is 0 Å². The van der Waals surface area contributed by atoms with Crippen LogP contribution in [-0.2, 0) is 6.61 Å². The maximum Gasteiger partial charge on any atom is 0.264 e. The van der Waals surface area contributed by atoms with E-state index < -0.39 is 13.0 Å². The van der Waals surface area contributed by atoms with E-state index in [2.05, 4.69) is 0 Å². The van der Waals surface area contributed by atoms with E-state index in [4.69, 9.17) is 9.84 Å². The molecule has 0 amide bonds. The highest BCUT2D eigenvalue weighted by Gasteiger charge is 2.12. The van der Waals surface area contributed by atoms with E-state index in [1.807, 2.05) is 0 Å². The van der Waals surface area contributed by atoms with Crippen molar-refractivity contribution in [2.75, 3.05) is 7.11 Å². The predicted octanol–water partition coefficient (Wildman–Crippen LogP) is 2.13. The minimum Gasteiger partial charge on any atom is -0.497 e. The second-order valence-electron chi connectivity index (χ2n) is 2.52. The largest absolute Gasteiger partial charge is 0.497 e. The number of ether oxygens (including phenoxy) is 1. The smallest absolute Gasteiger partial charge is 0.264 e. The number of aliphatic hydroxyl groups is 1. The summed E-state index contributed by atoms with van der Waals surface area (Å²) in [7, 11) is 1.44. The first-order valence-electron chi connectivity index (χ1n) is 3.75. The average Bonchev–Trinajstić information content (AvgIpc) is 2.16. The standard InChI is InChI=1S/C9H10F2O2/c1-13-7-2-3-8(9(10)11)6(4-7)5-12/h2-4,9,12H,5H2,1H3. The van der Waals surface area contributed by atoms with Crippen LogP contribution in [0.1, 0.15) is 17.6 Å². The van der Waals surface area contributed by atoms with Gasteiger partial charge in [0.05, 0.1) is 13.7 Å². The van der Waals surface area contributed by atoms with Crippen molar-refractivity contribution in [3.05, 3.63) is 29.3 Å². The molecule has 1 rings (SSSR count). The third-order valence-electron chi connectivity index (χ3n) is 1.76. The van der Waals surface area contributed by atoms with Gasteiger partial charge in [0.1, 0.15) is 5.75 Å². The number of benzene rings is 1. The lowest BCUT2D eigenvalue weighted by atomic mass is 10.1. The van der Waals surface area contributed by atoms with Crippen molar-refractivity contribution in [3.63, 3.8) is 0 Å². The molecule has 1 aromatic rings. The van der Waals surface area contributed by atoms with Crippen LogP contribution in [0.3, 0.4) is 0 Å². The van der Waals surface area contributed by atoms with Crippen molar-refractivity contribution in [3.8, 4) is 5.75 Å². The number of hydrogen-bond acceptors (Lipinski definition) is 2. The first-order chi connectivity index (χ1) is 6.19. The Morgan fingerprint density at radius 1 is 1.46 bits per heavy atom.